The fraction of sp³-hybridized carbons (Fsp3) is 0.882. The molecule has 0 aliphatic heterocycles. The Bertz CT molecular complexity index is 400. The maximum atomic E-state index is 12.0. The molecule has 0 saturated heterocycles. The molecule has 0 aromatic rings. The third kappa shape index (κ3) is 9.31. The van der Waals surface area contributed by atoms with Gasteiger partial charge in [0.15, 0.2) is 5.96 Å². The number of hydrogen-bond donors (Lipinski definition) is 2. The van der Waals surface area contributed by atoms with Crippen LogP contribution < -0.4 is 10.6 Å². The van der Waals surface area contributed by atoms with Crippen molar-refractivity contribution in [1.29, 1.82) is 0 Å². The fourth-order valence-corrected chi connectivity index (χ4v) is 2.09. The number of carbonyl (C=O) groups is 1. The minimum absolute atomic E-state index is 0.267. The summed E-state index contributed by atoms with van der Waals surface area (Å²) in [6.07, 6.45) is 2.36. The molecule has 6 heteroatoms. The van der Waals surface area contributed by atoms with Gasteiger partial charge in [0.1, 0.15) is 5.60 Å². The average Bonchev–Trinajstić information content (AvgIpc) is 3.24. The van der Waals surface area contributed by atoms with E-state index in [1.54, 1.807) is 11.9 Å². The van der Waals surface area contributed by atoms with Crippen LogP contribution in [0, 0.1) is 11.8 Å². The van der Waals surface area contributed by atoms with Gasteiger partial charge in [0, 0.05) is 33.2 Å². The highest BCUT2D eigenvalue weighted by molar-refractivity contribution is 5.79. The predicted octanol–water partition coefficient (Wildman–Crippen LogP) is 2.45. The van der Waals surface area contributed by atoms with E-state index in [-0.39, 0.29) is 12.0 Å². The number of nitrogens with one attached hydrogen (secondary N) is 2. The van der Waals surface area contributed by atoms with E-state index in [4.69, 9.17) is 4.74 Å². The molecule has 0 radical (unpaired) electrons. The van der Waals surface area contributed by atoms with Gasteiger partial charge in [0.25, 0.3) is 0 Å². The predicted molar refractivity (Wildman–Crippen MR) is 94.7 cm³/mol. The van der Waals surface area contributed by atoms with E-state index in [0.29, 0.717) is 13.1 Å². The maximum absolute atomic E-state index is 12.0. The van der Waals surface area contributed by atoms with Crippen LogP contribution >= 0.6 is 0 Å². The lowest BCUT2D eigenvalue weighted by atomic mass is 10.2. The van der Waals surface area contributed by atoms with Crippen molar-refractivity contribution in [3.8, 4) is 0 Å². The molecule has 0 aromatic carbocycles. The molecule has 1 atom stereocenters. The Hall–Kier alpha value is -1.46. The van der Waals surface area contributed by atoms with Gasteiger partial charge < -0.3 is 20.3 Å². The summed E-state index contributed by atoms with van der Waals surface area (Å²) >= 11 is 0. The quantitative estimate of drug-likeness (QED) is 0.557. The number of hydrogen-bond acceptors (Lipinski definition) is 3. The Morgan fingerprint density at radius 2 is 2.00 bits per heavy atom. The standard InChI is InChI=1S/C17H34N4O2/c1-7-18-15(20-11-14-8-9-14)19-10-13(2)12-21(6)16(22)23-17(3,4)5/h13-14H,7-12H2,1-6H3,(H2,18,19,20). The van der Waals surface area contributed by atoms with Crippen LogP contribution in [0.5, 0.6) is 0 Å². The second-order valence-corrected chi connectivity index (χ2v) is 7.51. The zero-order valence-electron chi connectivity index (χ0n) is 15.6. The van der Waals surface area contributed by atoms with E-state index in [2.05, 4.69) is 29.5 Å². The van der Waals surface area contributed by atoms with Crippen LogP contribution in [0.25, 0.3) is 0 Å². The van der Waals surface area contributed by atoms with E-state index >= 15 is 0 Å². The molecule has 0 aromatic heterocycles. The molecule has 0 heterocycles. The number of carbonyl (C=O) groups excluding carboxylic acids is 1. The van der Waals surface area contributed by atoms with Crippen LogP contribution in [0.2, 0.25) is 0 Å². The van der Waals surface area contributed by atoms with Crippen molar-refractivity contribution in [3.63, 3.8) is 0 Å². The first-order valence-electron chi connectivity index (χ1n) is 8.67. The van der Waals surface area contributed by atoms with Crippen molar-refractivity contribution in [2.75, 3.05) is 33.2 Å². The van der Waals surface area contributed by atoms with Crippen molar-refractivity contribution >= 4 is 12.1 Å². The Labute approximate surface area is 141 Å². The Morgan fingerprint density at radius 1 is 1.35 bits per heavy atom. The van der Waals surface area contributed by atoms with Crippen LogP contribution in [0.1, 0.15) is 47.5 Å². The first-order valence-corrected chi connectivity index (χ1v) is 8.67. The van der Waals surface area contributed by atoms with E-state index in [9.17, 15) is 4.79 Å². The van der Waals surface area contributed by atoms with Crippen molar-refractivity contribution in [1.82, 2.24) is 15.5 Å². The Morgan fingerprint density at radius 3 is 2.52 bits per heavy atom. The molecule has 1 saturated carbocycles. The van der Waals surface area contributed by atoms with Gasteiger partial charge >= 0.3 is 6.09 Å². The molecular formula is C17H34N4O2. The van der Waals surface area contributed by atoms with Gasteiger partial charge in [-0.2, -0.15) is 0 Å². The first kappa shape index (κ1) is 19.6. The summed E-state index contributed by atoms with van der Waals surface area (Å²) in [5, 5.41) is 6.64. The van der Waals surface area contributed by atoms with Gasteiger partial charge in [-0.15, -0.1) is 0 Å². The van der Waals surface area contributed by atoms with Crippen LogP contribution in [0.15, 0.2) is 4.99 Å². The van der Waals surface area contributed by atoms with Gasteiger partial charge in [-0.1, -0.05) is 6.92 Å². The highest BCUT2D eigenvalue weighted by atomic mass is 16.6. The van der Waals surface area contributed by atoms with E-state index in [1.807, 2.05) is 20.8 Å². The SMILES string of the molecule is CCNC(=NCC(C)CN(C)C(=O)OC(C)(C)C)NCC1CC1. The molecule has 1 aliphatic rings. The molecule has 1 aliphatic carbocycles. The molecule has 134 valence electrons. The lowest BCUT2D eigenvalue weighted by Crippen LogP contribution is -2.39. The molecule has 6 nitrogen and oxygen atoms in total. The summed E-state index contributed by atoms with van der Waals surface area (Å²) in [5.41, 5.74) is -0.461. The third-order valence-corrected chi connectivity index (χ3v) is 3.45. The summed E-state index contributed by atoms with van der Waals surface area (Å²) in [6.45, 7) is 12.9. The molecule has 23 heavy (non-hydrogen) atoms. The molecule has 0 spiro atoms. The third-order valence-electron chi connectivity index (χ3n) is 3.45. The number of ether oxygens (including phenoxy) is 1. The topological polar surface area (TPSA) is 66.0 Å². The van der Waals surface area contributed by atoms with Crippen LogP contribution in [0.4, 0.5) is 4.79 Å². The number of amides is 1. The largest absolute Gasteiger partial charge is 0.444 e. The van der Waals surface area contributed by atoms with Crippen molar-refractivity contribution < 1.29 is 9.53 Å². The molecule has 1 rings (SSSR count). The fourth-order valence-electron chi connectivity index (χ4n) is 2.09. The number of guanidine groups is 1. The monoisotopic (exact) mass is 326 g/mol. The zero-order valence-corrected chi connectivity index (χ0v) is 15.6. The normalized spacial score (nSPS) is 16.7. The summed E-state index contributed by atoms with van der Waals surface area (Å²) in [5.74, 6) is 1.95. The van der Waals surface area contributed by atoms with E-state index in [1.165, 1.54) is 12.8 Å². The maximum Gasteiger partial charge on any atom is 0.410 e. The summed E-state index contributed by atoms with van der Waals surface area (Å²) < 4.78 is 5.36. The lowest BCUT2D eigenvalue weighted by molar-refractivity contribution is 0.0279. The first-order chi connectivity index (χ1) is 10.7. The smallest absolute Gasteiger partial charge is 0.410 e. The number of nitrogens with zero attached hydrogens (tertiary/aromatic N) is 2. The van der Waals surface area contributed by atoms with Gasteiger partial charge in [-0.3, -0.25) is 4.99 Å². The van der Waals surface area contributed by atoms with Crippen molar-refractivity contribution in [2.45, 2.75) is 53.1 Å². The zero-order chi connectivity index (χ0) is 17.5. The van der Waals surface area contributed by atoms with Gasteiger partial charge in [-0.25, -0.2) is 4.79 Å². The summed E-state index contributed by atoms with van der Waals surface area (Å²) in [6, 6.07) is 0. The molecule has 1 unspecified atom stereocenters. The minimum atomic E-state index is -0.461. The van der Waals surface area contributed by atoms with E-state index < -0.39 is 5.60 Å². The molecule has 2 N–H and O–H groups in total. The average molecular weight is 326 g/mol. The van der Waals surface area contributed by atoms with Gasteiger partial charge in [0.05, 0.1) is 0 Å². The van der Waals surface area contributed by atoms with E-state index in [0.717, 1.165) is 25.0 Å². The Balaban J connectivity index is 2.37. The second kappa shape index (κ2) is 8.99. The van der Waals surface area contributed by atoms with Crippen LogP contribution in [-0.4, -0.2) is 55.8 Å². The second-order valence-electron chi connectivity index (χ2n) is 7.51. The molecule has 0 bridgehead atoms. The highest BCUT2D eigenvalue weighted by Crippen LogP contribution is 2.27. The molecular weight excluding hydrogens is 292 g/mol. The number of aliphatic imine (C=N–C) groups is 1. The van der Waals surface area contributed by atoms with Crippen LogP contribution in [0.3, 0.4) is 0 Å². The van der Waals surface area contributed by atoms with Gasteiger partial charge in [0.2, 0.25) is 0 Å². The minimum Gasteiger partial charge on any atom is -0.444 e. The van der Waals surface area contributed by atoms with Gasteiger partial charge in [-0.05, 0) is 52.4 Å². The molecule has 1 fully saturated rings. The molecule has 1 amide bonds. The Kier molecular flexibility index (Phi) is 7.65. The lowest BCUT2D eigenvalue weighted by Gasteiger charge is -2.26. The summed E-state index contributed by atoms with van der Waals surface area (Å²) in [4.78, 5) is 18.2. The van der Waals surface area contributed by atoms with Crippen molar-refractivity contribution in [3.05, 3.63) is 0 Å². The summed E-state index contributed by atoms with van der Waals surface area (Å²) in [7, 11) is 1.77. The van der Waals surface area contributed by atoms with Crippen LogP contribution in [-0.2, 0) is 4.74 Å². The van der Waals surface area contributed by atoms with Crippen molar-refractivity contribution in [2.24, 2.45) is 16.8 Å². The number of rotatable bonds is 7. The highest BCUT2D eigenvalue weighted by Gasteiger charge is 2.22.